The first-order chi connectivity index (χ1) is 12.0. The summed E-state index contributed by atoms with van der Waals surface area (Å²) in [5, 5.41) is 0. The molecule has 2 aliphatic rings. The van der Waals surface area contributed by atoms with Gasteiger partial charge in [-0.05, 0) is 19.1 Å². The van der Waals surface area contributed by atoms with Crippen molar-refractivity contribution in [1.29, 1.82) is 0 Å². The van der Waals surface area contributed by atoms with Gasteiger partial charge in [-0.1, -0.05) is 0 Å². The number of morpholine rings is 1. The maximum Gasteiger partial charge on any atom is 0.228 e. The van der Waals surface area contributed by atoms with Crippen molar-refractivity contribution >= 4 is 17.5 Å². The van der Waals surface area contributed by atoms with Gasteiger partial charge in [-0.25, -0.2) is 0 Å². The van der Waals surface area contributed by atoms with Gasteiger partial charge in [-0.15, -0.1) is 0 Å². The molecule has 0 N–H and O–H groups in total. The second-order valence-corrected chi connectivity index (χ2v) is 6.40. The molecule has 2 saturated heterocycles. The molecule has 1 aromatic rings. The Morgan fingerprint density at radius 1 is 1.24 bits per heavy atom. The lowest BCUT2D eigenvalue weighted by Gasteiger charge is -2.34. The molecule has 1 aromatic carbocycles. The fourth-order valence-electron chi connectivity index (χ4n) is 3.40. The van der Waals surface area contributed by atoms with Crippen molar-refractivity contribution in [3.63, 3.8) is 0 Å². The number of carbonyl (C=O) groups is 2. The van der Waals surface area contributed by atoms with Crippen LogP contribution in [0.15, 0.2) is 18.2 Å². The van der Waals surface area contributed by atoms with Crippen molar-refractivity contribution in [3.05, 3.63) is 18.2 Å². The van der Waals surface area contributed by atoms with Gasteiger partial charge >= 0.3 is 0 Å². The molecule has 0 radical (unpaired) electrons. The molecule has 2 aliphatic heterocycles. The first-order valence-electron chi connectivity index (χ1n) is 8.45. The maximum atomic E-state index is 12.8. The van der Waals surface area contributed by atoms with Crippen LogP contribution in [0.1, 0.15) is 13.3 Å². The number of benzene rings is 1. The zero-order valence-corrected chi connectivity index (χ0v) is 14.9. The SMILES string of the molecule is COc1ccc(N2C[C@@H](C(=O)N3CCOC[C@H]3C)CC2=O)cc1OC. The summed E-state index contributed by atoms with van der Waals surface area (Å²) in [5.41, 5.74) is 0.716. The highest BCUT2D eigenvalue weighted by Gasteiger charge is 2.39. The molecule has 0 aliphatic carbocycles. The molecule has 0 spiro atoms. The molecular weight excluding hydrogens is 324 g/mol. The molecule has 0 bridgehead atoms. The molecule has 2 heterocycles. The van der Waals surface area contributed by atoms with E-state index in [1.54, 1.807) is 31.3 Å². The average molecular weight is 348 g/mol. The van der Waals surface area contributed by atoms with Crippen LogP contribution in [0.25, 0.3) is 0 Å². The number of ether oxygens (including phenoxy) is 3. The van der Waals surface area contributed by atoms with Crippen molar-refractivity contribution in [3.8, 4) is 11.5 Å². The minimum absolute atomic E-state index is 0.0344. The van der Waals surface area contributed by atoms with Gasteiger partial charge < -0.3 is 24.0 Å². The number of anilines is 1. The summed E-state index contributed by atoms with van der Waals surface area (Å²) in [5.74, 6) is 0.830. The molecule has 0 aromatic heterocycles. The van der Waals surface area contributed by atoms with E-state index in [-0.39, 0.29) is 30.2 Å². The average Bonchev–Trinajstić information content (AvgIpc) is 3.02. The molecule has 7 heteroatoms. The maximum absolute atomic E-state index is 12.8. The number of hydrogen-bond donors (Lipinski definition) is 0. The van der Waals surface area contributed by atoms with Gasteiger partial charge in [0.2, 0.25) is 11.8 Å². The summed E-state index contributed by atoms with van der Waals surface area (Å²) in [6.45, 7) is 4.04. The van der Waals surface area contributed by atoms with Crippen molar-refractivity contribution in [2.24, 2.45) is 5.92 Å². The number of nitrogens with zero attached hydrogens (tertiary/aromatic N) is 2. The summed E-state index contributed by atoms with van der Waals surface area (Å²) in [7, 11) is 3.12. The molecule has 25 heavy (non-hydrogen) atoms. The van der Waals surface area contributed by atoms with Gasteiger partial charge in [0.25, 0.3) is 0 Å². The quantitative estimate of drug-likeness (QED) is 0.820. The first kappa shape index (κ1) is 17.5. The van der Waals surface area contributed by atoms with Crippen LogP contribution >= 0.6 is 0 Å². The Kier molecular flexibility index (Phi) is 5.13. The standard InChI is InChI=1S/C18H24N2O5/c1-12-11-25-7-6-19(12)18(22)13-8-17(21)20(10-13)14-4-5-15(23-2)16(9-14)24-3/h4-5,9,12-13H,6-8,10-11H2,1-3H3/t12-,13+/m1/s1. The highest BCUT2D eigenvalue weighted by Crippen LogP contribution is 2.34. The number of amides is 2. The Morgan fingerprint density at radius 3 is 2.68 bits per heavy atom. The molecule has 2 atom stereocenters. The Morgan fingerprint density at radius 2 is 2.00 bits per heavy atom. The van der Waals surface area contributed by atoms with Crippen LogP contribution in [0.4, 0.5) is 5.69 Å². The lowest BCUT2D eigenvalue weighted by molar-refractivity contribution is -0.143. The highest BCUT2D eigenvalue weighted by molar-refractivity contribution is 6.00. The van der Waals surface area contributed by atoms with Crippen molar-refractivity contribution in [2.75, 3.05) is 45.4 Å². The van der Waals surface area contributed by atoms with E-state index < -0.39 is 0 Å². The predicted octanol–water partition coefficient (Wildman–Crippen LogP) is 1.30. The van der Waals surface area contributed by atoms with Crippen molar-refractivity contribution in [1.82, 2.24) is 4.90 Å². The first-order valence-corrected chi connectivity index (χ1v) is 8.45. The second kappa shape index (κ2) is 7.31. The number of carbonyl (C=O) groups excluding carboxylic acids is 2. The summed E-state index contributed by atoms with van der Waals surface area (Å²) >= 11 is 0. The smallest absolute Gasteiger partial charge is 0.228 e. The summed E-state index contributed by atoms with van der Waals surface area (Å²) in [6, 6.07) is 5.39. The van der Waals surface area contributed by atoms with E-state index in [4.69, 9.17) is 14.2 Å². The van der Waals surface area contributed by atoms with E-state index in [1.165, 1.54) is 0 Å². The number of rotatable bonds is 4. The van der Waals surface area contributed by atoms with Crippen LogP contribution in [0.3, 0.4) is 0 Å². The third-order valence-electron chi connectivity index (χ3n) is 4.80. The largest absolute Gasteiger partial charge is 0.493 e. The molecule has 2 amide bonds. The lowest BCUT2D eigenvalue weighted by atomic mass is 10.1. The third kappa shape index (κ3) is 3.42. The summed E-state index contributed by atoms with van der Waals surface area (Å²) in [6.07, 6.45) is 0.233. The fourth-order valence-corrected chi connectivity index (χ4v) is 3.40. The van der Waals surface area contributed by atoms with Crippen molar-refractivity contribution < 1.29 is 23.8 Å². The highest BCUT2D eigenvalue weighted by atomic mass is 16.5. The van der Waals surface area contributed by atoms with E-state index in [0.29, 0.717) is 43.5 Å². The molecule has 0 saturated carbocycles. The summed E-state index contributed by atoms with van der Waals surface area (Å²) < 4.78 is 15.9. The molecule has 7 nitrogen and oxygen atoms in total. The molecular formula is C18H24N2O5. The van der Waals surface area contributed by atoms with E-state index in [1.807, 2.05) is 17.9 Å². The van der Waals surface area contributed by atoms with Crippen molar-refractivity contribution in [2.45, 2.75) is 19.4 Å². The monoisotopic (exact) mass is 348 g/mol. The van der Waals surface area contributed by atoms with Gasteiger partial charge in [0.05, 0.1) is 39.4 Å². The third-order valence-corrected chi connectivity index (χ3v) is 4.80. The van der Waals surface area contributed by atoms with E-state index in [2.05, 4.69) is 0 Å². The van der Waals surface area contributed by atoms with Crippen LogP contribution < -0.4 is 14.4 Å². The zero-order chi connectivity index (χ0) is 18.0. The van der Waals surface area contributed by atoms with Crippen LogP contribution in [-0.4, -0.2) is 63.3 Å². The van der Waals surface area contributed by atoms with Crippen LogP contribution in [0, 0.1) is 5.92 Å². The second-order valence-electron chi connectivity index (χ2n) is 6.40. The lowest BCUT2D eigenvalue weighted by Crippen LogP contribution is -2.49. The molecule has 2 fully saturated rings. The van der Waals surface area contributed by atoms with Gasteiger partial charge in [0.1, 0.15) is 0 Å². The Balaban J connectivity index is 1.75. The predicted molar refractivity (Wildman–Crippen MR) is 92.0 cm³/mol. The zero-order valence-electron chi connectivity index (χ0n) is 14.9. The minimum atomic E-state index is -0.318. The number of hydrogen-bond acceptors (Lipinski definition) is 5. The Labute approximate surface area is 147 Å². The van der Waals surface area contributed by atoms with Crippen LogP contribution in [0.5, 0.6) is 11.5 Å². The topological polar surface area (TPSA) is 68.3 Å². The molecule has 3 rings (SSSR count). The van der Waals surface area contributed by atoms with Gasteiger partial charge in [0.15, 0.2) is 11.5 Å². The number of methoxy groups -OCH3 is 2. The fraction of sp³-hybridized carbons (Fsp3) is 0.556. The van der Waals surface area contributed by atoms with Crippen LogP contribution in [0.2, 0.25) is 0 Å². The normalized spacial score (nSPS) is 23.7. The van der Waals surface area contributed by atoms with E-state index in [0.717, 1.165) is 0 Å². The van der Waals surface area contributed by atoms with Gasteiger partial charge in [-0.2, -0.15) is 0 Å². The summed E-state index contributed by atoms with van der Waals surface area (Å²) in [4.78, 5) is 28.8. The Bertz CT molecular complexity index is 663. The van der Waals surface area contributed by atoms with Gasteiger partial charge in [0, 0.05) is 31.3 Å². The van der Waals surface area contributed by atoms with Gasteiger partial charge in [-0.3, -0.25) is 9.59 Å². The van der Waals surface area contributed by atoms with Crippen LogP contribution in [-0.2, 0) is 14.3 Å². The van der Waals surface area contributed by atoms with E-state index >= 15 is 0 Å². The molecule has 0 unspecified atom stereocenters. The Hall–Kier alpha value is -2.28. The molecule has 136 valence electrons. The van der Waals surface area contributed by atoms with E-state index in [9.17, 15) is 9.59 Å². The minimum Gasteiger partial charge on any atom is -0.493 e.